The van der Waals surface area contributed by atoms with Crippen LogP contribution in [-0.4, -0.2) is 36.4 Å². The molecular weight excluding hydrogens is 288 g/mol. The molecule has 0 saturated heterocycles. The van der Waals surface area contributed by atoms with E-state index in [0.29, 0.717) is 5.56 Å². The summed E-state index contributed by atoms with van der Waals surface area (Å²) in [6.07, 6.45) is 1.81. The Morgan fingerprint density at radius 2 is 1.95 bits per heavy atom. The summed E-state index contributed by atoms with van der Waals surface area (Å²) >= 11 is 0. The molecule has 0 saturated carbocycles. The fourth-order valence-corrected chi connectivity index (χ4v) is 2.88. The summed E-state index contributed by atoms with van der Waals surface area (Å²) in [6, 6.07) is 7.26. The molecule has 0 radical (unpaired) electrons. The highest BCUT2D eigenvalue weighted by molar-refractivity contribution is 7.92. The summed E-state index contributed by atoms with van der Waals surface area (Å²) in [6.45, 7) is 5.08. The third kappa shape index (κ3) is 3.44. The van der Waals surface area contributed by atoms with Crippen LogP contribution >= 0.6 is 0 Å². The Labute approximate surface area is 124 Å². The van der Waals surface area contributed by atoms with Crippen molar-refractivity contribution in [1.82, 2.24) is 10.3 Å². The normalized spacial score (nSPS) is 12.5. The summed E-state index contributed by atoms with van der Waals surface area (Å²) < 4.78 is 23.1. The van der Waals surface area contributed by atoms with Gasteiger partial charge in [0.15, 0.2) is 9.84 Å². The largest absolute Gasteiger partial charge is 0.361 e. The van der Waals surface area contributed by atoms with E-state index in [-0.39, 0.29) is 18.2 Å². The van der Waals surface area contributed by atoms with E-state index in [4.69, 9.17) is 0 Å². The number of nitrogens with one attached hydrogen (secondary N) is 2. The lowest BCUT2D eigenvalue weighted by atomic mass is 10.1. The predicted octanol–water partition coefficient (Wildman–Crippen LogP) is 2.11. The lowest BCUT2D eigenvalue weighted by Crippen LogP contribution is -2.36. The van der Waals surface area contributed by atoms with E-state index >= 15 is 0 Å². The Balaban J connectivity index is 1.99. The van der Waals surface area contributed by atoms with Crippen molar-refractivity contribution in [2.75, 3.05) is 12.3 Å². The highest BCUT2D eigenvalue weighted by Crippen LogP contribution is 2.16. The Morgan fingerprint density at radius 3 is 2.62 bits per heavy atom. The van der Waals surface area contributed by atoms with Crippen LogP contribution in [0.5, 0.6) is 0 Å². The van der Waals surface area contributed by atoms with E-state index in [9.17, 15) is 13.2 Å². The van der Waals surface area contributed by atoms with Crippen LogP contribution in [-0.2, 0) is 9.84 Å². The second-order valence-corrected chi connectivity index (χ2v) is 8.83. The van der Waals surface area contributed by atoms with Crippen LogP contribution in [0.25, 0.3) is 10.9 Å². The van der Waals surface area contributed by atoms with Gasteiger partial charge in [-0.25, -0.2) is 8.42 Å². The monoisotopic (exact) mass is 308 g/mol. The number of hydrogen-bond donors (Lipinski definition) is 2. The average Bonchev–Trinajstić information content (AvgIpc) is 2.84. The molecule has 0 aliphatic rings. The molecule has 0 bridgehead atoms. The van der Waals surface area contributed by atoms with Gasteiger partial charge >= 0.3 is 0 Å². The second kappa shape index (κ2) is 5.52. The number of aromatic amines is 1. The molecule has 0 aliphatic carbocycles. The molecule has 0 spiro atoms. The number of sulfone groups is 1. The SMILES string of the molecule is CC(C)(C)S(=O)(=O)CCNC(=O)c1ccc2cc[nH]c2c1. The van der Waals surface area contributed by atoms with Gasteiger partial charge in [0.1, 0.15) is 0 Å². The van der Waals surface area contributed by atoms with E-state index in [2.05, 4.69) is 10.3 Å². The van der Waals surface area contributed by atoms with Gasteiger partial charge in [-0.3, -0.25) is 4.79 Å². The Morgan fingerprint density at radius 1 is 1.24 bits per heavy atom. The van der Waals surface area contributed by atoms with Crippen LogP contribution in [0.15, 0.2) is 30.5 Å². The van der Waals surface area contributed by atoms with Crippen LogP contribution in [0, 0.1) is 0 Å². The number of fused-ring (bicyclic) bond motifs is 1. The van der Waals surface area contributed by atoms with Gasteiger partial charge in [-0.2, -0.15) is 0 Å². The van der Waals surface area contributed by atoms with Gasteiger partial charge in [-0.05, 0) is 44.4 Å². The van der Waals surface area contributed by atoms with Crippen molar-refractivity contribution in [3.8, 4) is 0 Å². The standard InChI is InChI=1S/C15H20N2O3S/c1-15(2,3)21(19,20)9-8-17-14(18)12-5-4-11-6-7-16-13(11)10-12/h4-7,10,16H,8-9H2,1-3H3,(H,17,18). The minimum atomic E-state index is -3.22. The molecule has 114 valence electrons. The number of amides is 1. The third-order valence-corrected chi connectivity index (χ3v) is 6.01. The van der Waals surface area contributed by atoms with E-state index in [1.807, 2.05) is 18.3 Å². The quantitative estimate of drug-likeness (QED) is 0.908. The van der Waals surface area contributed by atoms with E-state index < -0.39 is 14.6 Å². The molecule has 1 aromatic heterocycles. The molecule has 1 heterocycles. The minimum Gasteiger partial charge on any atom is -0.361 e. The smallest absolute Gasteiger partial charge is 0.251 e. The molecule has 2 aromatic rings. The summed E-state index contributed by atoms with van der Waals surface area (Å²) in [5.74, 6) is -0.330. The first-order valence-corrected chi connectivity index (χ1v) is 8.43. The maximum atomic E-state index is 12.0. The highest BCUT2D eigenvalue weighted by Gasteiger charge is 2.28. The third-order valence-electron chi connectivity index (χ3n) is 3.41. The Bertz CT molecular complexity index is 755. The van der Waals surface area contributed by atoms with E-state index in [1.54, 1.807) is 32.9 Å². The van der Waals surface area contributed by atoms with Crippen molar-refractivity contribution in [3.05, 3.63) is 36.0 Å². The molecule has 0 unspecified atom stereocenters. The number of carbonyl (C=O) groups is 1. The summed E-state index contributed by atoms with van der Waals surface area (Å²) in [4.78, 5) is 15.1. The molecule has 5 nitrogen and oxygen atoms in total. The van der Waals surface area contributed by atoms with Crippen molar-refractivity contribution < 1.29 is 13.2 Å². The maximum absolute atomic E-state index is 12.0. The fraction of sp³-hybridized carbons (Fsp3) is 0.400. The number of benzene rings is 1. The van der Waals surface area contributed by atoms with Crippen molar-refractivity contribution in [3.63, 3.8) is 0 Å². The first-order chi connectivity index (χ1) is 9.71. The van der Waals surface area contributed by atoms with E-state index in [0.717, 1.165) is 10.9 Å². The fourth-order valence-electron chi connectivity index (χ4n) is 1.90. The first kappa shape index (κ1) is 15.6. The molecule has 0 fully saturated rings. The number of H-pyrrole nitrogens is 1. The van der Waals surface area contributed by atoms with Gasteiger partial charge in [-0.15, -0.1) is 0 Å². The summed E-state index contributed by atoms with van der Waals surface area (Å²) in [5.41, 5.74) is 1.39. The van der Waals surface area contributed by atoms with Gasteiger partial charge in [0.25, 0.3) is 5.91 Å². The molecule has 2 rings (SSSR count). The Hall–Kier alpha value is -1.82. The topological polar surface area (TPSA) is 79.0 Å². The predicted molar refractivity (Wildman–Crippen MR) is 84.2 cm³/mol. The number of aromatic nitrogens is 1. The summed E-state index contributed by atoms with van der Waals surface area (Å²) in [5, 5.41) is 3.68. The van der Waals surface area contributed by atoms with Crippen LogP contribution in [0.3, 0.4) is 0 Å². The zero-order chi connectivity index (χ0) is 15.7. The molecule has 0 aliphatic heterocycles. The van der Waals surface area contributed by atoms with Crippen LogP contribution in [0.1, 0.15) is 31.1 Å². The lowest BCUT2D eigenvalue weighted by Gasteiger charge is -2.19. The first-order valence-electron chi connectivity index (χ1n) is 6.78. The van der Waals surface area contributed by atoms with Crippen molar-refractivity contribution in [1.29, 1.82) is 0 Å². The molecule has 0 atom stereocenters. The number of hydrogen-bond acceptors (Lipinski definition) is 3. The van der Waals surface area contributed by atoms with Crippen molar-refractivity contribution in [2.24, 2.45) is 0 Å². The van der Waals surface area contributed by atoms with Gasteiger partial charge in [0, 0.05) is 23.8 Å². The van der Waals surface area contributed by atoms with Gasteiger partial charge < -0.3 is 10.3 Å². The van der Waals surface area contributed by atoms with E-state index in [1.165, 1.54) is 0 Å². The van der Waals surface area contributed by atoms with Crippen molar-refractivity contribution in [2.45, 2.75) is 25.5 Å². The summed E-state index contributed by atoms with van der Waals surface area (Å²) in [7, 11) is -3.22. The zero-order valence-corrected chi connectivity index (χ0v) is 13.3. The molecule has 6 heteroatoms. The Kier molecular flexibility index (Phi) is 4.09. The maximum Gasteiger partial charge on any atom is 0.251 e. The van der Waals surface area contributed by atoms with Gasteiger partial charge in [-0.1, -0.05) is 6.07 Å². The zero-order valence-electron chi connectivity index (χ0n) is 12.4. The second-order valence-electron chi connectivity index (χ2n) is 5.97. The van der Waals surface area contributed by atoms with Crippen LogP contribution in [0.4, 0.5) is 0 Å². The molecular formula is C15H20N2O3S. The number of rotatable bonds is 4. The lowest BCUT2D eigenvalue weighted by molar-refractivity contribution is 0.0956. The van der Waals surface area contributed by atoms with Gasteiger partial charge in [0.05, 0.1) is 10.5 Å². The molecule has 2 N–H and O–H groups in total. The molecule has 21 heavy (non-hydrogen) atoms. The minimum absolute atomic E-state index is 0.0625. The van der Waals surface area contributed by atoms with Crippen LogP contribution < -0.4 is 5.32 Å². The average molecular weight is 308 g/mol. The van der Waals surface area contributed by atoms with Crippen molar-refractivity contribution >= 4 is 26.6 Å². The molecule has 1 aromatic carbocycles. The number of carbonyl (C=O) groups excluding carboxylic acids is 1. The highest BCUT2D eigenvalue weighted by atomic mass is 32.2. The molecule has 1 amide bonds. The van der Waals surface area contributed by atoms with Gasteiger partial charge in [0.2, 0.25) is 0 Å². The van der Waals surface area contributed by atoms with Crippen LogP contribution in [0.2, 0.25) is 0 Å².